The largest absolute Gasteiger partial charge is 0.481 e. The molecule has 3 aromatic heterocycles. The van der Waals surface area contributed by atoms with Gasteiger partial charge in [-0.25, -0.2) is 9.97 Å². The zero-order chi connectivity index (χ0) is 23.4. The Labute approximate surface area is 195 Å². The van der Waals surface area contributed by atoms with E-state index in [2.05, 4.69) is 15.0 Å². The monoisotopic (exact) mass is 459 g/mol. The predicted molar refractivity (Wildman–Crippen MR) is 127 cm³/mol. The van der Waals surface area contributed by atoms with Gasteiger partial charge in [-0.2, -0.15) is 0 Å². The summed E-state index contributed by atoms with van der Waals surface area (Å²) in [5.74, 6) is 1.39. The molecule has 1 atom stereocenters. The number of imidazole rings is 1. The highest BCUT2D eigenvalue weighted by atomic mass is 16.5. The van der Waals surface area contributed by atoms with Crippen molar-refractivity contribution in [1.29, 1.82) is 0 Å². The van der Waals surface area contributed by atoms with Gasteiger partial charge in [0.2, 0.25) is 5.88 Å². The van der Waals surface area contributed by atoms with E-state index >= 15 is 0 Å². The quantitative estimate of drug-likeness (QED) is 0.505. The number of methoxy groups -OCH3 is 1. The summed E-state index contributed by atoms with van der Waals surface area (Å²) in [6.45, 7) is 3.85. The normalized spacial score (nSPS) is 17.9. The van der Waals surface area contributed by atoms with Crippen LogP contribution in [0.1, 0.15) is 46.1 Å². The maximum absolute atomic E-state index is 13.6. The third-order valence-electron chi connectivity index (χ3n) is 6.90. The smallest absolute Gasteiger partial charge is 0.274 e. The van der Waals surface area contributed by atoms with Gasteiger partial charge in [0.15, 0.2) is 0 Å². The van der Waals surface area contributed by atoms with Crippen molar-refractivity contribution in [3.63, 3.8) is 0 Å². The number of amides is 1. The van der Waals surface area contributed by atoms with Crippen molar-refractivity contribution >= 4 is 28.1 Å². The molecule has 1 amide bonds. The van der Waals surface area contributed by atoms with Crippen molar-refractivity contribution in [3.05, 3.63) is 63.5 Å². The van der Waals surface area contributed by atoms with Gasteiger partial charge in [-0.05, 0) is 49.4 Å². The number of rotatable bonds is 3. The van der Waals surface area contributed by atoms with Crippen molar-refractivity contribution in [2.24, 2.45) is 0 Å². The van der Waals surface area contributed by atoms with Crippen LogP contribution in [0.4, 0.5) is 5.69 Å². The number of aromatic nitrogens is 4. The molecule has 9 nitrogen and oxygen atoms in total. The Morgan fingerprint density at radius 2 is 2.09 bits per heavy atom. The molecule has 2 aliphatic rings. The summed E-state index contributed by atoms with van der Waals surface area (Å²) in [7, 11) is 1.58. The third-order valence-corrected chi connectivity index (χ3v) is 6.90. The van der Waals surface area contributed by atoms with Crippen molar-refractivity contribution in [2.75, 3.05) is 31.8 Å². The van der Waals surface area contributed by atoms with E-state index in [1.54, 1.807) is 30.5 Å². The highest BCUT2D eigenvalue weighted by molar-refractivity contribution is 6.09. The van der Waals surface area contributed by atoms with E-state index in [9.17, 15) is 9.59 Å². The number of H-pyrrole nitrogens is 1. The molecule has 0 aliphatic carbocycles. The summed E-state index contributed by atoms with van der Waals surface area (Å²) in [6, 6.07) is 5.62. The minimum Gasteiger partial charge on any atom is -0.481 e. The fourth-order valence-corrected chi connectivity index (χ4v) is 5.14. The molecule has 0 bridgehead atoms. The van der Waals surface area contributed by atoms with Crippen LogP contribution in [0.3, 0.4) is 0 Å². The van der Waals surface area contributed by atoms with Crippen LogP contribution in [-0.2, 0) is 11.2 Å². The summed E-state index contributed by atoms with van der Waals surface area (Å²) in [5.41, 5.74) is 4.92. The van der Waals surface area contributed by atoms with Gasteiger partial charge < -0.3 is 19.4 Å². The molecular weight excluding hydrogens is 434 g/mol. The number of nitrogens with zero attached hydrogens (tertiary/aromatic N) is 4. The number of aryl methyl sites for hydroxylation is 1. The standard InChI is InChI=1S/C25H25N5O4/c1-14-8-19-18(28-24(31)21-12-27-23(30(19)21)16-4-3-7-34-13-16)10-17(14)25(32)29-6-5-15-9-22(33-2)26-11-20(15)29/h8-12,16H,3-7,13H2,1-2H3,(H,28,31). The molecule has 0 radical (unpaired) electrons. The number of anilines is 1. The molecule has 174 valence electrons. The molecule has 0 saturated carbocycles. The number of carbonyl (C=O) groups excluding carboxylic acids is 1. The van der Waals surface area contributed by atoms with Crippen LogP contribution in [0.25, 0.3) is 16.6 Å². The molecule has 1 aromatic carbocycles. The number of nitrogens with one attached hydrogen (secondary N) is 1. The van der Waals surface area contributed by atoms with Crippen LogP contribution in [0.15, 0.2) is 35.4 Å². The molecule has 5 heterocycles. The van der Waals surface area contributed by atoms with E-state index in [0.29, 0.717) is 35.6 Å². The van der Waals surface area contributed by atoms with Gasteiger partial charge in [0.1, 0.15) is 11.3 Å². The van der Waals surface area contributed by atoms with Crippen molar-refractivity contribution in [1.82, 2.24) is 19.4 Å². The van der Waals surface area contributed by atoms with E-state index in [0.717, 1.165) is 54.0 Å². The van der Waals surface area contributed by atoms with E-state index in [1.807, 2.05) is 23.5 Å². The van der Waals surface area contributed by atoms with E-state index in [1.165, 1.54) is 0 Å². The van der Waals surface area contributed by atoms with Crippen molar-refractivity contribution < 1.29 is 14.3 Å². The number of aromatic amines is 1. The van der Waals surface area contributed by atoms with Crippen LogP contribution in [-0.4, -0.2) is 52.1 Å². The molecule has 4 aromatic rings. The second kappa shape index (κ2) is 7.95. The number of hydrogen-bond donors (Lipinski definition) is 1. The average Bonchev–Trinajstić information content (AvgIpc) is 3.49. The number of fused-ring (bicyclic) bond motifs is 4. The topological polar surface area (TPSA) is 102 Å². The molecule has 1 N–H and O–H groups in total. The van der Waals surface area contributed by atoms with Gasteiger partial charge in [-0.1, -0.05) is 0 Å². The molecule has 6 rings (SSSR count). The van der Waals surface area contributed by atoms with Gasteiger partial charge in [0.05, 0.1) is 42.8 Å². The summed E-state index contributed by atoms with van der Waals surface area (Å²) in [5, 5.41) is 0. The highest BCUT2D eigenvalue weighted by Crippen LogP contribution is 2.32. The van der Waals surface area contributed by atoms with Crippen molar-refractivity contribution in [3.8, 4) is 5.88 Å². The molecular formula is C25H25N5O4. The second-order valence-corrected chi connectivity index (χ2v) is 8.95. The maximum Gasteiger partial charge on any atom is 0.274 e. The summed E-state index contributed by atoms with van der Waals surface area (Å²) in [6.07, 6.45) is 5.99. The Kier molecular flexibility index (Phi) is 4.88. The van der Waals surface area contributed by atoms with Crippen LogP contribution >= 0.6 is 0 Å². The molecule has 9 heteroatoms. The molecule has 2 aliphatic heterocycles. The Morgan fingerprint density at radius 1 is 1.21 bits per heavy atom. The van der Waals surface area contributed by atoms with Crippen LogP contribution in [0.5, 0.6) is 5.88 Å². The van der Waals surface area contributed by atoms with Crippen LogP contribution < -0.4 is 15.2 Å². The zero-order valence-electron chi connectivity index (χ0n) is 19.1. The van der Waals surface area contributed by atoms with Gasteiger partial charge >= 0.3 is 0 Å². The van der Waals surface area contributed by atoms with Gasteiger partial charge in [0, 0.05) is 30.7 Å². The Morgan fingerprint density at radius 3 is 2.88 bits per heavy atom. The molecule has 1 fully saturated rings. The highest BCUT2D eigenvalue weighted by Gasteiger charge is 2.28. The van der Waals surface area contributed by atoms with Gasteiger partial charge in [-0.3, -0.25) is 14.0 Å². The fraction of sp³-hybridized carbons (Fsp3) is 0.360. The molecule has 1 saturated heterocycles. The molecule has 34 heavy (non-hydrogen) atoms. The predicted octanol–water partition coefficient (Wildman–Crippen LogP) is 2.98. The average molecular weight is 460 g/mol. The van der Waals surface area contributed by atoms with E-state index in [4.69, 9.17) is 9.47 Å². The van der Waals surface area contributed by atoms with Crippen LogP contribution in [0, 0.1) is 6.92 Å². The lowest BCUT2D eigenvalue weighted by molar-refractivity contribution is 0.0780. The zero-order valence-corrected chi connectivity index (χ0v) is 19.1. The lowest BCUT2D eigenvalue weighted by Crippen LogP contribution is -2.29. The molecule has 0 spiro atoms. The lowest BCUT2D eigenvalue weighted by Gasteiger charge is -2.22. The summed E-state index contributed by atoms with van der Waals surface area (Å²) < 4.78 is 12.8. The van der Waals surface area contributed by atoms with E-state index in [-0.39, 0.29) is 17.4 Å². The molecule has 1 unspecified atom stereocenters. The van der Waals surface area contributed by atoms with Gasteiger partial charge in [-0.15, -0.1) is 0 Å². The first kappa shape index (κ1) is 20.9. The minimum absolute atomic E-state index is 0.113. The Bertz CT molecular complexity index is 1500. The number of carbonyl (C=O) groups is 1. The van der Waals surface area contributed by atoms with Crippen LogP contribution in [0.2, 0.25) is 0 Å². The minimum atomic E-state index is -0.229. The first-order valence-electron chi connectivity index (χ1n) is 11.5. The maximum atomic E-state index is 13.6. The third kappa shape index (κ3) is 3.19. The number of pyridine rings is 1. The second-order valence-electron chi connectivity index (χ2n) is 8.95. The van der Waals surface area contributed by atoms with E-state index < -0.39 is 0 Å². The van der Waals surface area contributed by atoms with Crippen molar-refractivity contribution in [2.45, 2.75) is 32.1 Å². The Hall–Kier alpha value is -3.72. The number of hydrogen-bond acceptors (Lipinski definition) is 6. The number of benzene rings is 1. The lowest BCUT2D eigenvalue weighted by atomic mass is 10.0. The first-order chi connectivity index (χ1) is 16.5. The summed E-state index contributed by atoms with van der Waals surface area (Å²) >= 11 is 0. The first-order valence-corrected chi connectivity index (χ1v) is 11.5. The summed E-state index contributed by atoms with van der Waals surface area (Å²) in [4.78, 5) is 40.0. The Balaban J connectivity index is 1.45. The van der Waals surface area contributed by atoms with Gasteiger partial charge in [0.25, 0.3) is 11.5 Å². The fourth-order valence-electron chi connectivity index (χ4n) is 5.14. The SMILES string of the molecule is COc1cc2c(cn1)N(C(=O)c1cc3[nH]c(=O)c4cnc(C5CCCOC5)n4c3cc1C)CC2. The number of ether oxygens (including phenoxy) is 2.